The van der Waals surface area contributed by atoms with Crippen molar-refractivity contribution in [2.45, 2.75) is 24.7 Å². The van der Waals surface area contributed by atoms with Crippen LogP contribution >= 0.6 is 11.6 Å². The molecule has 0 saturated heterocycles. The Kier molecular flexibility index (Phi) is 4.64. The zero-order valence-electron chi connectivity index (χ0n) is 11.5. The van der Waals surface area contributed by atoms with E-state index in [0.29, 0.717) is 18.7 Å². The maximum Gasteiger partial charge on any atom is 0.223 e. The van der Waals surface area contributed by atoms with Crippen LogP contribution in [0.1, 0.15) is 12.8 Å². The molecule has 0 aromatic carbocycles. The molecule has 1 atom stereocenters. The van der Waals surface area contributed by atoms with Crippen molar-refractivity contribution in [3.8, 4) is 0 Å². The Morgan fingerprint density at radius 3 is 2.65 bits per heavy atom. The van der Waals surface area contributed by atoms with Gasteiger partial charge in [0.15, 0.2) is 5.79 Å². The van der Waals surface area contributed by atoms with Crippen LogP contribution in [0.2, 0.25) is 5.15 Å². The maximum atomic E-state index is 9.53. The molecule has 1 aliphatic carbocycles. The van der Waals surface area contributed by atoms with Crippen molar-refractivity contribution in [2.24, 2.45) is 5.92 Å². The van der Waals surface area contributed by atoms with Gasteiger partial charge in [-0.25, -0.2) is 4.98 Å². The molecule has 7 nitrogen and oxygen atoms in total. The number of hydrogen-bond donors (Lipinski definition) is 3. The van der Waals surface area contributed by atoms with E-state index in [9.17, 15) is 5.11 Å². The van der Waals surface area contributed by atoms with Crippen LogP contribution in [0.15, 0.2) is 6.07 Å². The van der Waals surface area contributed by atoms with Gasteiger partial charge in [0, 0.05) is 33.1 Å². The maximum absolute atomic E-state index is 9.53. The number of hydrogen-bond acceptors (Lipinski definition) is 7. The van der Waals surface area contributed by atoms with Crippen LogP contribution < -0.4 is 11.1 Å². The first-order chi connectivity index (χ1) is 9.51. The number of nitrogens with two attached hydrogens (primary N) is 1. The standard InChI is InChI=1S/C12H19ClN4O3/c1-19-12(20-2)4-7(5-12)8(6-18)15-10-3-9(13)16-11(14)17-10/h3,7-8,18H,4-6H2,1-2H3,(H3,14,15,16,17). The quantitative estimate of drug-likeness (QED) is 0.529. The number of anilines is 2. The lowest BCUT2D eigenvalue weighted by molar-refractivity contribution is -0.272. The number of ether oxygens (including phenoxy) is 2. The van der Waals surface area contributed by atoms with Gasteiger partial charge in [-0.05, 0) is 5.92 Å². The van der Waals surface area contributed by atoms with E-state index in [4.69, 9.17) is 26.8 Å². The number of nitrogens with one attached hydrogen (secondary N) is 1. The van der Waals surface area contributed by atoms with Gasteiger partial charge in [-0.2, -0.15) is 4.98 Å². The van der Waals surface area contributed by atoms with Crippen LogP contribution in [-0.4, -0.2) is 47.7 Å². The number of methoxy groups -OCH3 is 2. The van der Waals surface area contributed by atoms with Gasteiger partial charge in [-0.15, -0.1) is 0 Å². The average Bonchev–Trinajstić information content (AvgIpc) is 2.36. The van der Waals surface area contributed by atoms with Crippen molar-refractivity contribution in [3.63, 3.8) is 0 Å². The van der Waals surface area contributed by atoms with E-state index in [0.717, 1.165) is 0 Å². The Labute approximate surface area is 122 Å². The molecule has 0 amide bonds. The van der Waals surface area contributed by atoms with Crippen molar-refractivity contribution in [2.75, 3.05) is 31.9 Å². The van der Waals surface area contributed by atoms with Crippen LogP contribution in [0.3, 0.4) is 0 Å². The summed E-state index contributed by atoms with van der Waals surface area (Å²) in [5.74, 6) is 0.263. The van der Waals surface area contributed by atoms with Crippen molar-refractivity contribution in [1.29, 1.82) is 0 Å². The summed E-state index contributed by atoms with van der Waals surface area (Å²) in [6.07, 6.45) is 1.40. The first-order valence-corrected chi connectivity index (χ1v) is 6.67. The summed E-state index contributed by atoms with van der Waals surface area (Å²) in [6, 6.07) is 1.40. The van der Waals surface area contributed by atoms with Gasteiger partial charge in [-0.3, -0.25) is 0 Å². The van der Waals surface area contributed by atoms with Gasteiger partial charge in [-0.1, -0.05) is 11.6 Å². The predicted molar refractivity (Wildman–Crippen MR) is 75.4 cm³/mol. The van der Waals surface area contributed by atoms with E-state index in [-0.39, 0.29) is 29.7 Å². The summed E-state index contributed by atoms with van der Waals surface area (Å²) in [7, 11) is 3.23. The number of aromatic nitrogens is 2. The molecule has 2 rings (SSSR count). The lowest BCUT2D eigenvalue weighted by Crippen LogP contribution is -2.53. The molecule has 0 aliphatic heterocycles. The number of aliphatic hydroxyl groups is 1. The first kappa shape index (κ1) is 15.2. The summed E-state index contributed by atoms with van der Waals surface area (Å²) < 4.78 is 10.7. The van der Waals surface area contributed by atoms with Gasteiger partial charge < -0.3 is 25.6 Å². The third-order valence-electron chi connectivity index (χ3n) is 3.70. The summed E-state index contributed by atoms with van der Waals surface area (Å²) >= 11 is 5.82. The zero-order valence-corrected chi connectivity index (χ0v) is 12.2. The Balaban J connectivity index is 2.00. The fourth-order valence-corrected chi connectivity index (χ4v) is 2.64. The molecule has 1 aromatic heterocycles. The Morgan fingerprint density at radius 2 is 2.15 bits per heavy atom. The van der Waals surface area contributed by atoms with Crippen molar-refractivity contribution < 1.29 is 14.6 Å². The first-order valence-electron chi connectivity index (χ1n) is 6.29. The number of rotatable bonds is 6. The molecule has 1 saturated carbocycles. The Bertz CT molecular complexity index is 442. The third-order valence-corrected chi connectivity index (χ3v) is 3.90. The molecule has 0 spiro atoms. The minimum absolute atomic E-state index is 0.0320. The molecule has 1 unspecified atom stereocenters. The fraction of sp³-hybridized carbons (Fsp3) is 0.667. The van der Waals surface area contributed by atoms with Crippen molar-refractivity contribution in [3.05, 3.63) is 11.2 Å². The molecule has 1 aliphatic rings. The van der Waals surface area contributed by atoms with Crippen molar-refractivity contribution >= 4 is 23.4 Å². The van der Waals surface area contributed by atoms with Gasteiger partial charge in [0.2, 0.25) is 5.95 Å². The molecular formula is C12H19ClN4O3. The molecule has 1 aromatic rings. The van der Waals surface area contributed by atoms with Crippen molar-refractivity contribution in [1.82, 2.24) is 9.97 Å². The van der Waals surface area contributed by atoms with E-state index in [1.165, 1.54) is 0 Å². The second kappa shape index (κ2) is 6.09. The molecule has 0 radical (unpaired) electrons. The monoisotopic (exact) mass is 302 g/mol. The van der Waals surface area contributed by atoms with E-state index in [1.807, 2.05) is 0 Å². The molecule has 8 heteroatoms. The van der Waals surface area contributed by atoms with E-state index in [1.54, 1.807) is 20.3 Å². The van der Waals surface area contributed by atoms with Gasteiger partial charge >= 0.3 is 0 Å². The summed E-state index contributed by atoms with van der Waals surface area (Å²) in [5.41, 5.74) is 5.54. The van der Waals surface area contributed by atoms with Gasteiger partial charge in [0.05, 0.1) is 12.6 Å². The molecule has 112 valence electrons. The fourth-order valence-electron chi connectivity index (χ4n) is 2.45. The highest BCUT2D eigenvalue weighted by molar-refractivity contribution is 6.29. The topological polar surface area (TPSA) is 103 Å². The highest BCUT2D eigenvalue weighted by atomic mass is 35.5. The third kappa shape index (κ3) is 3.12. The Morgan fingerprint density at radius 1 is 1.50 bits per heavy atom. The minimum Gasteiger partial charge on any atom is -0.394 e. The van der Waals surface area contributed by atoms with Crippen LogP contribution in [0.5, 0.6) is 0 Å². The normalized spacial score (nSPS) is 19.4. The van der Waals surface area contributed by atoms with E-state index >= 15 is 0 Å². The molecule has 1 heterocycles. The molecule has 0 bridgehead atoms. The number of aliphatic hydroxyl groups excluding tert-OH is 1. The summed E-state index contributed by atoms with van der Waals surface area (Å²) in [6.45, 7) is -0.0320. The SMILES string of the molecule is COC1(OC)CC(C(CO)Nc2cc(Cl)nc(N)n2)C1. The summed E-state index contributed by atoms with van der Waals surface area (Å²) in [5, 5.41) is 12.9. The number of nitrogens with zero attached hydrogens (tertiary/aromatic N) is 2. The number of nitrogen functional groups attached to an aromatic ring is 1. The van der Waals surface area contributed by atoms with Gasteiger partial charge in [0.1, 0.15) is 11.0 Å². The zero-order chi connectivity index (χ0) is 14.8. The second-order valence-electron chi connectivity index (χ2n) is 4.85. The van der Waals surface area contributed by atoms with Crippen LogP contribution in [0.25, 0.3) is 0 Å². The highest BCUT2D eigenvalue weighted by Crippen LogP contribution is 2.43. The van der Waals surface area contributed by atoms with Gasteiger partial charge in [0.25, 0.3) is 0 Å². The minimum atomic E-state index is -0.540. The molecular weight excluding hydrogens is 284 g/mol. The molecule has 1 fully saturated rings. The van der Waals surface area contributed by atoms with Crippen LogP contribution in [-0.2, 0) is 9.47 Å². The Hall–Kier alpha value is -1.15. The van der Waals surface area contributed by atoms with E-state index < -0.39 is 5.79 Å². The lowest BCUT2D eigenvalue weighted by Gasteiger charge is -2.47. The number of halogens is 1. The van der Waals surface area contributed by atoms with Crippen LogP contribution in [0, 0.1) is 5.92 Å². The predicted octanol–water partition coefficient (Wildman–Crippen LogP) is 0.884. The largest absolute Gasteiger partial charge is 0.394 e. The lowest BCUT2D eigenvalue weighted by atomic mass is 9.74. The molecule has 20 heavy (non-hydrogen) atoms. The average molecular weight is 303 g/mol. The van der Waals surface area contributed by atoms with E-state index in [2.05, 4.69) is 15.3 Å². The second-order valence-corrected chi connectivity index (χ2v) is 5.24. The highest BCUT2D eigenvalue weighted by Gasteiger charge is 2.48. The summed E-state index contributed by atoms with van der Waals surface area (Å²) in [4.78, 5) is 7.82. The molecule has 4 N–H and O–H groups in total. The van der Waals surface area contributed by atoms with Crippen LogP contribution in [0.4, 0.5) is 11.8 Å². The smallest absolute Gasteiger partial charge is 0.223 e.